The summed E-state index contributed by atoms with van der Waals surface area (Å²) in [5, 5.41) is 9.94. The van der Waals surface area contributed by atoms with E-state index < -0.39 is 0 Å². The van der Waals surface area contributed by atoms with Gasteiger partial charge < -0.3 is 15.5 Å². The number of thiophene rings is 1. The van der Waals surface area contributed by atoms with Gasteiger partial charge in [0.05, 0.1) is 6.04 Å². The van der Waals surface area contributed by atoms with Gasteiger partial charge >= 0.3 is 6.03 Å². The van der Waals surface area contributed by atoms with Crippen LogP contribution in [-0.2, 0) is 0 Å². The van der Waals surface area contributed by atoms with Gasteiger partial charge in [-0.2, -0.15) is 11.3 Å². The summed E-state index contributed by atoms with van der Waals surface area (Å²) in [5.74, 6) is -0.219. The van der Waals surface area contributed by atoms with Gasteiger partial charge in [0.2, 0.25) is 0 Å². The highest BCUT2D eigenvalue weighted by Crippen LogP contribution is 2.33. The second kappa shape index (κ2) is 8.22. The van der Waals surface area contributed by atoms with Gasteiger partial charge in [-0.15, -0.1) is 0 Å². The molecule has 3 heterocycles. The number of rotatable bonds is 4. The molecule has 1 aromatic carbocycles. The molecule has 0 bridgehead atoms. The van der Waals surface area contributed by atoms with Crippen molar-refractivity contribution in [2.75, 3.05) is 17.2 Å². The van der Waals surface area contributed by atoms with E-state index in [2.05, 4.69) is 27.1 Å². The number of anilines is 2. The van der Waals surface area contributed by atoms with Crippen LogP contribution in [0.4, 0.5) is 16.2 Å². The molecule has 6 nitrogen and oxygen atoms in total. The normalized spacial score (nSPS) is 16.0. The Morgan fingerprint density at radius 3 is 2.61 bits per heavy atom. The molecule has 7 heteroatoms. The molecule has 1 aliphatic rings. The molecule has 28 heavy (non-hydrogen) atoms. The zero-order chi connectivity index (χ0) is 19.3. The van der Waals surface area contributed by atoms with Gasteiger partial charge in [-0.3, -0.25) is 9.78 Å². The molecular formula is C21H20N4O2S. The number of likely N-dealkylation sites (tertiary alicyclic amines) is 1. The third kappa shape index (κ3) is 4.04. The fourth-order valence-corrected chi connectivity index (χ4v) is 4.10. The Balaban J connectivity index is 1.43. The summed E-state index contributed by atoms with van der Waals surface area (Å²) in [7, 11) is 0. The molecule has 3 amide bonds. The highest BCUT2D eigenvalue weighted by atomic mass is 32.1. The average molecular weight is 392 g/mol. The first-order valence-electron chi connectivity index (χ1n) is 9.12. The van der Waals surface area contributed by atoms with Crippen molar-refractivity contribution in [1.82, 2.24) is 9.88 Å². The van der Waals surface area contributed by atoms with Gasteiger partial charge in [-0.1, -0.05) is 6.07 Å². The standard InChI is InChI=1S/C21H20N4O2S/c26-20(15-6-9-22-10-7-15)23-17-3-1-4-18(13-17)24-21(27)25-11-2-5-19(25)16-8-12-28-14-16/h1,3-4,6-10,12-14,19H,2,5,11H2,(H,23,26)(H,24,27)/t19-/m1/s1. The summed E-state index contributed by atoms with van der Waals surface area (Å²) in [5.41, 5.74) is 2.99. The van der Waals surface area contributed by atoms with Crippen molar-refractivity contribution in [1.29, 1.82) is 0 Å². The van der Waals surface area contributed by atoms with E-state index in [1.807, 2.05) is 16.3 Å². The minimum absolute atomic E-state index is 0.119. The van der Waals surface area contributed by atoms with Crippen LogP contribution in [0.1, 0.15) is 34.8 Å². The van der Waals surface area contributed by atoms with Crippen molar-refractivity contribution in [2.24, 2.45) is 0 Å². The van der Waals surface area contributed by atoms with E-state index in [0.29, 0.717) is 16.9 Å². The molecule has 1 fully saturated rings. The number of carbonyl (C=O) groups excluding carboxylic acids is 2. The average Bonchev–Trinajstić information content (AvgIpc) is 3.40. The zero-order valence-corrected chi connectivity index (χ0v) is 16.0. The fraction of sp³-hybridized carbons (Fsp3) is 0.190. The van der Waals surface area contributed by atoms with E-state index >= 15 is 0 Å². The van der Waals surface area contributed by atoms with E-state index in [1.165, 1.54) is 5.56 Å². The van der Waals surface area contributed by atoms with Gasteiger partial charge in [0.15, 0.2) is 0 Å². The van der Waals surface area contributed by atoms with Crippen LogP contribution in [0.5, 0.6) is 0 Å². The van der Waals surface area contributed by atoms with Crippen LogP contribution < -0.4 is 10.6 Å². The maximum atomic E-state index is 12.8. The SMILES string of the molecule is O=C(Nc1cccc(NC(=O)N2CCC[C@@H]2c2ccsc2)c1)c1ccncc1. The number of nitrogens with one attached hydrogen (secondary N) is 2. The Kier molecular flexibility index (Phi) is 5.34. The molecule has 0 radical (unpaired) electrons. The van der Waals surface area contributed by atoms with Crippen LogP contribution >= 0.6 is 11.3 Å². The largest absolute Gasteiger partial charge is 0.322 e. The molecule has 0 spiro atoms. The summed E-state index contributed by atoms with van der Waals surface area (Å²) in [6.07, 6.45) is 5.12. The fourth-order valence-electron chi connectivity index (χ4n) is 3.40. The first kappa shape index (κ1) is 18.2. The number of aromatic nitrogens is 1. The molecule has 142 valence electrons. The number of hydrogen-bond donors (Lipinski definition) is 2. The summed E-state index contributed by atoms with van der Waals surface area (Å²) in [6.45, 7) is 0.741. The maximum absolute atomic E-state index is 12.8. The van der Waals surface area contributed by atoms with Crippen LogP contribution in [0.3, 0.4) is 0 Å². The number of pyridine rings is 1. The molecule has 1 aliphatic heterocycles. The Hall–Kier alpha value is -3.19. The summed E-state index contributed by atoms with van der Waals surface area (Å²) >= 11 is 1.65. The summed E-state index contributed by atoms with van der Waals surface area (Å²) in [4.78, 5) is 30.9. The number of nitrogens with zero attached hydrogens (tertiary/aromatic N) is 2. The van der Waals surface area contributed by atoms with Crippen molar-refractivity contribution in [2.45, 2.75) is 18.9 Å². The second-order valence-corrected chi connectivity index (χ2v) is 7.39. The summed E-state index contributed by atoms with van der Waals surface area (Å²) < 4.78 is 0. The van der Waals surface area contributed by atoms with Crippen molar-refractivity contribution in [3.05, 3.63) is 76.7 Å². The first-order valence-corrected chi connectivity index (χ1v) is 10.1. The molecule has 1 atom stereocenters. The molecular weight excluding hydrogens is 372 g/mol. The van der Waals surface area contributed by atoms with Crippen molar-refractivity contribution in [3.63, 3.8) is 0 Å². The first-order chi connectivity index (χ1) is 13.7. The highest BCUT2D eigenvalue weighted by Gasteiger charge is 2.30. The van der Waals surface area contributed by atoms with E-state index in [1.54, 1.807) is 54.1 Å². The Bertz CT molecular complexity index is 960. The number of amides is 3. The predicted molar refractivity (Wildman–Crippen MR) is 111 cm³/mol. The number of benzene rings is 1. The van der Waals surface area contributed by atoms with Crippen LogP contribution in [-0.4, -0.2) is 28.4 Å². The minimum atomic E-state index is -0.219. The third-order valence-corrected chi connectivity index (χ3v) is 5.46. The van der Waals surface area contributed by atoms with Crippen molar-refractivity contribution in [3.8, 4) is 0 Å². The van der Waals surface area contributed by atoms with E-state index in [4.69, 9.17) is 0 Å². The predicted octanol–water partition coefficient (Wildman–Crippen LogP) is 4.76. The van der Waals surface area contributed by atoms with E-state index in [-0.39, 0.29) is 18.0 Å². The maximum Gasteiger partial charge on any atom is 0.322 e. The number of carbonyl (C=O) groups is 2. The smallest absolute Gasteiger partial charge is 0.322 e. The van der Waals surface area contributed by atoms with Crippen LogP contribution in [0.2, 0.25) is 0 Å². The monoisotopic (exact) mass is 392 g/mol. The third-order valence-electron chi connectivity index (χ3n) is 4.76. The Morgan fingerprint density at radius 1 is 1.07 bits per heavy atom. The lowest BCUT2D eigenvalue weighted by molar-refractivity contribution is 0.102. The van der Waals surface area contributed by atoms with E-state index in [9.17, 15) is 9.59 Å². The molecule has 4 rings (SSSR count). The summed E-state index contributed by atoms with van der Waals surface area (Å²) in [6, 6.07) is 12.6. The van der Waals surface area contributed by atoms with Gasteiger partial charge in [0.25, 0.3) is 5.91 Å². The Labute approximate surface area is 167 Å². The lowest BCUT2D eigenvalue weighted by Crippen LogP contribution is -2.34. The molecule has 3 aromatic rings. The topological polar surface area (TPSA) is 74.3 Å². The van der Waals surface area contributed by atoms with Crippen LogP contribution in [0.15, 0.2) is 65.6 Å². The zero-order valence-electron chi connectivity index (χ0n) is 15.2. The molecule has 0 saturated carbocycles. The minimum Gasteiger partial charge on any atom is -0.322 e. The lowest BCUT2D eigenvalue weighted by atomic mass is 10.1. The quantitative estimate of drug-likeness (QED) is 0.672. The van der Waals surface area contributed by atoms with E-state index in [0.717, 1.165) is 19.4 Å². The Morgan fingerprint density at radius 2 is 1.86 bits per heavy atom. The van der Waals surface area contributed by atoms with Gasteiger partial charge in [0.1, 0.15) is 0 Å². The molecule has 1 saturated heterocycles. The lowest BCUT2D eigenvalue weighted by Gasteiger charge is -2.24. The van der Waals surface area contributed by atoms with Crippen molar-refractivity contribution < 1.29 is 9.59 Å². The van der Waals surface area contributed by atoms with Crippen LogP contribution in [0, 0.1) is 0 Å². The number of hydrogen-bond acceptors (Lipinski definition) is 4. The number of urea groups is 1. The molecule has 2 aromatic heterocycles. The molecule has 2 N–H and O–H groups in total. The van der Waals surface area contributed by atoms with Gasteiger partial charge in [-0.25, -0.2) is 4.79 Å². The second-order valence-electron chi connectivity index (χ2n) is 6.61. The molecule has 0 aliphatic carbocycles. The molecule has 0 unspecified atom stereocenters. The van der Waals surface area contributed by atoms with Crippen molar-refractivity contribution >= 4 is 34.6 Å². The van der Waals surface area contributed by atoms with Gasteiger partial charge in [-0.05, 0) is 65.6 Å². The highest BCUT2D eigenvalue weighted by molar-refractivity contribution is 7.08. The van der Waals surface area contributed by atoms with Crippen LogP contribution in [0.25, 0.3) is 0 Å². The van der Waals surface area contributed by atoms with Gasteiger partial charge in [0, 0.05) is 35.9 Å².